The number of aryl methyl sites for hydroxylation is 2. The third-order valence-corrected chi connectivity index (χ3v) is 4.26. The Morgan fingerprint density at radius 3 is 2.64 bits per heavy atom. The van der Waals surface area contributed by atoms with E-state index in [9.17, 15) is 4.79 Å². The van der Waals surface area contributed by atoms with Gasteiger partial charge in [-0.3, -0.25) is 9.78 Å². The average molecular weight is 333 g/mol. The normalized spacial score (nSPS) is 13.7. The minimum absolute atomic E-state index is 0.0597. The highest BCUT2D eigenvalue weighted by Crippen LogP contribution is 2.25. The van der Waals surface area contributed by atoms with Crippen molar-refractivity contribution in [1.82, 2.24) is 25.1 Å². The van der Waals surface area contributed by atoms with Gasteiger partial charge in [0.05, 0.1) is 11.4 Å². The van der Waals surface area contributed by atoms with Crippen LogP contribution in [0, 0.1) is 13.8 Å². The Hall–Kier alpha value is -3.02. The first-order valence-electron chi connectivity index (χ1n) is 8.36. The Bertz CT molecular complexity index is 925. The van der Waals surface area contributed by atoms with Gasteiger partial charge in [-0.2, -0.15) is 5.10 Å². The molecule has 0 saturated heterocycles. The van der Waals surface area contributed by atoms with Gasteiger partial charge in [-0.05, 0) is 56.5 Å². The lowest BCUT2D eigenvalue weighted by Crippen LogP contribution is -2.25. The third kappa shape index (κ3) is 3.28. The molecule has 1 fully saturated rings. The predicted molar refractivity (Wildman–Crippen MR) is 94.6 cm³/mol. The minimum Gasteiger partial charge on any atom is -0.349 e. The average Bonchev–Trinajstić information content (AvgIpc) is 3.32. The molecule has 2 aromatic heterocycles. The lowest BCUT2D eigenvalue weighted by Gasteiger charge is -2.11. The Morgan fingerprint density at radius 2 is 2.00 bits per heavy atom. The predicted octanol–water partition coefficient (Wildman–Crippen LogP) is 2.84. The standard InChI is InChI=1S/C19H19N5O/c1-12-3-6-18(20-10-12)14-7-15(19(25)23-16-4-5-16)9-17(8-14)24-13(2)21-11-22-24/h3,6-11,16H,4-5H2,1-2H3,(H,23,25). The van der Waals surface area contributed by atoms with Crippen LogP contribution in [0.15, 0.2) is 42.9 Å². The molecule has 1 N–H and O–H groups in total. The molecular weight excluding hydrogens is 314 g/mol. The lowest BCUT2D eigenvalue weighted by molar-refractivity contribution is 0.0951. The summed E-state index contributed by atoms with van der Waals surface area (Å²) >= 11 is 0. The number of carbonyl (C=O) groups excluding carboxylic acids is 1. The Morgan fingerprint density at radius 1 is 1.16 bits per heavy atom. The van der Waals surface area contributed by atoms with Gasteiger partial charge in [-0.25, -0.2) is 9.67 Å². The smallest absolute Gasteiger partial charge is 0.251 e. The molecule has 25 heavy (non-hydrogen) atoms. The molecule has 0 bridgehead atoms. The van der Waals surface area contributed by atoms with Gasteiger partial charge in [-0.1, -0.05) is 6.07 Å². The molecule has 1 saturated carbocycles. The third-order valence-electron chi connectivity index (χ3n) is 4.26. The van der Waals surface area contributed by atoms with E-state index in [4.69, 9.17) is 0 Å². The van der Waals surface area contributed by atoms with E-state index >= 15 is 0 Å². The van der Waals surface area contributed by atoms with E-state index < -0.39 is 0 Å². The van der Waals surface area contributed by atoms with Crippen LogP contribution in [0.25, 0.3) is 16.9 Å². The molecular formula is C19H19N5O. The van der Waals surface area contributed by atoms with E-state index in [0.29, 0.717) is 11.6 Å². The van der Waals surface area contributed by atoms with E-state index in [1.807, 2.05) is 50.4 Å². The molecule has 1 aliphatic rings. The van der Waals surface area contributed by atoms with Gasteiger partial charge >= 0.3 is 0 Å². The van der Waals surface area contributed by atoms with Crippen LogP contribution in [-0.4, -0.2) is 31.7 Å². The summed E-state index contributed by atoms with van der Waals surface area (Å²) in [6, 6.07) is 9.99. The molecule has 1 aliphatic carbocycles. The highest BCUT2D eigenvalue weighted by atomic mass is 16.1. The Kier molecular flexibility index (Phi) is 3.80. The first kappa shape index (κ1) is 15.5. The van der Waals surface area contributed by atoms with E-state index in [0.717, 1.165) is 41.2 Å². The fraction of sp³-hybridized carbons (Fsp3) is 0.263. The number of amides is 1. The zero-order valence-electron chi connectivity index (χ0n) is 14.2. The van der Waals surface area contributed by atoms with Gasteiger partial charge in [0.2, 0.25) is 0 Å². The quantitative estimate of drug-likeness (QED) is 0.797. The number of rotatable bonds is 4. The number of benzene rings is 1. The first-order valence-corrected chi connectivity index (χ1v) is 8.36. The SMILES string of the molecule is Cc1ccc(-c2cc(C(=O)NC3CC3)cc(-n3ncnc3C)c2)nc1. The Balaban J connectivity index is 1.80. The van der Waals surface area contributed by atoms with Gasteiger partial charge in [-0.15, -0.1) is 0 Å². The zero-order valence-corrected chi connectivity index (χ0v) is 14.2. The van der Waals surface area contributed by atoms with Crippen molar-refractivity contribution in [1.29, 1.82) is 0 Å². The molecule has 1 aromatic carbocycles. The summed E-state index contributed by atoms with van der Waals surface area (Å²) < 4.78 is 1.73. The van der Waals surface area contributed by atoms with Gasteiger partial charge in [0.15, 0.2) is 0 Å². The summed E-state index contributed by atoms with van der Waals surface area (Å²) in [6.07, 6.45) is 5.45. The van der Waals surface area contributed by atoms with Crippen LogP contribution >= 0.6 is 0 Å². The molecule has 2 heterocycles. The number of hydrogen-bond donors (Lipinski definition) is 1. The summed E-state index contributed by atoms with van der Waals surface area (Å²) in [5.74, 6) is 0.707. The van der Waals surface area contributed by atoms with Crippen molar-refractivity contribution in [3.05, 3.63) is 59.8 Å². The van der Waals surface area contributed by atoms with E-state index in [1.54, 1.807) is 4.68 Å². The number of nitrogens with one attached hydrogen (secondary N) is 1. The molecule has 126 valence electrons. The van der Waals surface area contributed by atoms with Gasteiger partial charge in [0, 0.05) is 23.4 Å². The fourth-order valence-electron chi connectivity index (χ4n) is 2.70. The van der Waals surface area contributed by atoms with E-state index in [1.165, 1.54) is 6.33 Å². The minimum atomic E-state index is -0.0597. The zero-order chi connectivity index (χ0) is 17.4. The molecule has 0 aliphatic heterocycles. The van der Waals surface area contributed by atoms with E-state index in [-0.39, 0.29) is 5.91 Å². The molecule has 3 aromatic rings. The van der Waals surface area contributed by atoms with Crippen LogP contribution in [0.3, 0.4) is 0 Å². The summed E-state index contributed by atoms with van der Waals surface area (Å²) in [5, 5.41) is 7.30. The second kappa shape index (κ2) is 6.12. The first-order chi connectivity index (χ1) is 12.1. The van der Waals surface area contributed by atoms with Crippen LogP contribution in [0.4, 0.5) is 0 Å². The van der Waals surface area contributed by atoms with Crippen LogP contribution < -0.4 is 5.32 Å². The van der Waals surface area contributed by atoms with Crippen molar-refractivity contribution in [2.75, 3.05) is 0 Å². The largest absolute Gasteiger partial charge is 0.349 e. The van der Waals surface area contributed by atoms with Crippen molar-refractivity contribution in [2.24, 2.45) is 0 Å². The van der Waals surface area contributed by atoms with E-state index in [2.05, 4.69) is 20.4 Å². The Labute approximate surface area is 145 Å². The molecule has 4 rings (SSSR count). The van der Waals surface area contributed by atoms with Crippen LogP contribution in [0.1, 0.15) is 34.6 Å². The molecule has 6 nitrogen and oxygen atoms in total. The molecule has 1 amide bonds. The number of nitrogens with zero attached hydrogens (tertiary/aromatic N) is 4. The number of pyridine rings is 1. The number of carbonyl (C=O) groups is 1. The maximum atomic E-state index is 12.6. The number of hydrogen-bond acceptors (Lipinski definition) is 4. The van der Waals surface area contributed by atoms with Crippen molar-refractivity contribution >= 4 is 5.91 Å². The summed E-state index contributed by atoms with van der Waals surface area (Å²) in [5.41, 5.74) is 4.21. The summed E-state index contributed by atoms with van der Waals surface area (Å²) in [6.45, 7) is 3.88. The van der Waals surface area contributed by atoms with Gasteiger partial charge in [0.25, 0.3) is 5.91 Å². The highest BCUT2D eigenvalue weighted by molar-refractivity contribution is 5.96. The van der Waals surface area contributed by atoms with Crippen molar-refractivity contribution in [2.45, 2.75) is 32.7 Å². The monoisotopic (exact) mass is 333 g/mol. The molecule has 0 atom stereocenters. The maximum absolute atomic E-state index is 12.6. The highest BCUT2D eigenvalue weighted by Gasteiger charge is 2.24. The second-order valence-electron chi connectivity index (χ2n) is 6.46. The maximum Gasteiger partial charge on any atom is 0.251 e. The van der Waals surface area contributed by atoms with Crippen LogP contribution in [0.5, 0.6) is 0 Å². The second-order valence-corrected chi connectivity index (χ2v) is 6.46. The summed E-state index contributed by atoms with van der Waals surface area (Å²) in [7, 11) is 0. The van der Waals surface area contributed by atoms with Crippen LogP contribution in [-0.2, 0) is 0 Å². The molecule has 0 unspecified atom stereocenters. The van der Waals surface area contributed by atoms with Gasteiger partial charge in [0.1, 0.15) is 12.2 Å². The molecule has 0 spiro atoms. The number of aromatic nitrogens is 4. The van der Waals surface area contributed by atoms with Crippen molar-refractivity contribution in [3.63, 3.8) is 0 Å². The molecule has 6 heteroatoms. The summed E-state index contributed by atoms with van der Waals surface area (Å²) in [4.78, 5) is 21.2. The van der Waals surface area contributed by atoms with Gasteiger partial charge < -0.3 is 5.32 Å². The van der Waals surface area contributed by atoms with Crippen LogP contribution in [0.2, 0.25) is 0 Å². The van der Waals surface area contributed by atoms with Crippen molar-refractivity contribution < 1.29 is 4.79 Å². The molecule has 0 radical (unpaired) electrons. The topological polar surface area (TPSA) is 72.7 Å². The van der Waals surface area contributed by atoms with Crippen molar-refractivity contribution in [3.8, 4) is 16.9 Å². The lowest BCUT2D eigenvalue weighted by atomic mass is 10.0. The fourth-order valence-corrected chi connectivity index (χ4v) is 2.70.